The molecule has 2 unspecified atom stereocenters. The molecule has 0 aromatic heterocycles. The van der Waals surface area contributed by atoms with E-state index in [1.165, 1.54) is 12.8 Å². The van der Waals surface area contributed by atoms with E-state index in [1.807, 2.05) is 0 Å². The van der Waals surface area contributed by atoms with Gasteiger partial charge in [-0.2, -0.15) is 0 Å². The molecule has 0 nitrogen and oxygen atoms in total. The van der Waals surface area contributed by atoms with Gasteiger partial charge in [0.15, 0.2) is 0 Å². The van der Waals surface area contributed by atoms with Crippen LogP contribution in [0, 0.1) is 16.7 Å². The molecule has 0 aromatic rings. The molecule has 2 atom stereocenters. The first-order valence-corrected chi connectivity index (χ1v) is 10.8. The van der Waals surface area contributed by atoms with E-state index < -0.39 is 8.07 Å². The minimum absolute atomic E-state index is 0.404. The van der Waals surface area contributed by atoms with Crippen molar-refractivity contribution in [2.75, 3.05) is 0 Å². The maximum atomic E-state index is 2.53. The minimum Gasteiger partial charge on any atom is -0.0950 e. The molecule has 2 rings (SSSR count). The van der Waals surface area contributed by atoms with E-state index in [0.29, 0.717) is 10.8 Å². The third-order valence-electron chi connectivity index (χ3n) is 5.31. The van der Waals surface area contributed by atoms with Crippen molar-refractivity contribution >= 4 is 8.07 Å². The number of hydrogen-bond donors (Lipinski definition) is 0. The molecule has 0 aliphatic heterocycles. The second kappa shape index (κ2) is 4.23. The highest BCUT2D eigenvalue weighted by Gasteiger charge is 2.56. The lowest BCUT2D eigenvalue weighted by atomic mass is 9.67. The average Bonchev–Trinajstić information content (AvgIpc) is 2.55. The van der Waals surface area contributed by atoms with Crippen molar-refractivity contribution in [3.05, 3.63) is 35.6 Å². The highest BCUT2D eigenvalue weighted by atomic mass is 28.3. The molecule has 0 saturated heterocycles. The third-order valence-corrected chi connectivity index (χ3v) is 6.50. The Hall–Kier alpha value is -0.563. The Kier molecular flexibility index (Phi) is 3.26. The predicted octanol–water partition coefficient (Wildman–Crippen LogP) is 5.36. The Morgan fingerprint density at radius 2 is 1.83 bits per heavy atom. The quantitative estimate of drug-likeness (QED) is 0.473. The van der Waals surface area contributed by atoms with Gasteiger partial charge in [0, 0.05) is 0 Å². The first kappa shape index (κ1) is 13.9. The zero-order valence-corrected chi connectivity index (χ0v) is 13.9. The van der Waals surface area contributed by atoms with Gasteiger partial charge < -0.3 is 0 Å². The molecule has 0 heterocycles. The summed E-state index contributed by atoms with van der Waals surface area (Å²) in [6, 6.07) is 0. The van der Waals surface area contributed by atoms with Gasteiger partial charge in [-0.05, 0) is 35.2 Å². The Morgan fingerprint density at radius 1 is 1.17 bits per heavy atom. The Bertz CT molecular complexity index is 417. The minimum atomic E-state index is -1.05. The Balaban J connectivity index is 2.12. The van der Waals surface area contributed by atoms with Crippen LogP contribution in [0.2, 0.25) is 19.6 Å². The summed E-state index contributed by atoms with van der Waals surface area (Å²) in [5, 5.41) is 0. The lowest BCUT2D eigenvalue weighted by Gasteiger charge is -2.36. The smallest absolute Gasteiger partial charge is 0.0687 e. The predicted molar refractivity (Wildman–Crippen MR) is 84.3 cm³/mol. The fraction of sp³-hybridized carbons (Fsp3) is 0.647. The maximum Gasteiger partial charge on any atom is 0.0687 e. The molecule has 1 fully saturated rings. The van der Waals surface area contributed by atoms with Gasteiger partial charge in [-0.3, -0.25) is 0 Å². The van der Waals surface area contributed by atoms with Crippen molar-refractivity contribution in [1.82, 2.24) is 0 Å². The van der Waals surface area contributed by atoms with Crippen LogP contribution in [0.25, 0.3) is 0 Å². The van der Waals surface area contributed by atoms with E-state index in [4.69, 9.17) is 0 Å². The molecule has 0 aromatic carbocycles. The molecule has 0 N–H and O–H groups in total. The summed E-state index contributed by atoms with van der Waals surface area (Å²) < 4.78 is 0. The van der Waals surface area contributed by atoms with Crippen molar-refractivity contribution in [3.8, 4) is 0 Å². The van der Waals surface area contributed by atoms with Crippen LogP contribution >= 0.6 is 0 Å². The highest BCUT2D eigenvalue weighted by Crippen LogP contribution is 2.65. The van der Waals surface area contributed by atoms with E-state index in [9.17, 15) is 0 Å². The van der Waals surface area contributed by atoms with Gasteiger partial charge >= 0.3 is 0 Å². The molecule has 18 heavy (non-hydrogen) atoms. The van der Waals surface area contributed by atoms with Crippen molar-refractivity contribution in [1.29, 1.82) is 0 Å². The number of allylic oxidation sites excluding steroid dienone is 5. The fourth-order valence-electron chi connectivity index (χ4n) is 3.49. The summed E-state index contributed by atoms with van der Waals surface area (Å²) in [6.45, 7) is 14.5. The maximum absolute atomic E-state index is 2.53. The SMILES string of the molecule is CC12CCC(C=C1/C=C\C=C\[Si](C)(C)C)C2(C)C. The van der Waals surface area contributed by atoms with Gasteiger partial charge in [0.25, 0.3) is 0 Å². The van der Waals surface area contributed by atoms with Gasteiger partial charge in [0.2, 0.25) is 0 Å². The molecule has 2 aliphatic carbocycles. The van der Waals surface area contributed by atoms with Crippen LogP contribution in [-0.2, 0) is 0 Å². The van der Waals surface area contributed by atoms with Gasteiger partial charge in [0.1, 0.15) is 0 Å². The zero-order chi connectivity index (χ0) is 13.6. The van der Waals surface area contributed by atoms with Crippen LogP contribution in [0.4, 0.5) is 0 Å². The molecule has 1 saturated carbocycles. The Morgan fingerprint density at radius 3 is 2.28 bits per heavy atom. The highest BCUT2D eigenvalue weighted by molar-refractivity contribution is 6.80. The second-order valence-electron chi connectivity index (χ2n) is 7.91. The van der Waals surface area contributed by atoms with Crippen molar-refractivity contribution in [3.63, 3.8) is 0 Å². The van der Waals surface area contributed by atoms with Crippen molar-refractivity contribution < 1.29 is 0 Å². The molecule has 2 bridgehead atoms. The number of hydrogen-bond acceptors (Lipinski definition) is 0. The topological polar surface area (TPSA) is 0 Å². The molecule has 0 amide bonds. The molecule has 0 spiro atoms. The first-order chi connectivity index (χ1) is 8.17. The lowest BCUT2D eigenvalue weighted by molar-refractivity contribution is 0.174. The van der Waals surface area contributed by atoms with Crippen LogP contribution in [0.3, 0.4) is 0 Å². The number of fused-ring (bicyclic) bond motifs is 2. The van der Waals surface area contributed by atoms with Crippen LogP contribution < -0.4 is 0 Å². The summed E-state index contributed by atoms with van der Waals surface area (Å²) >= 11 is 0. The normalized spacial score (nSPS) is 34.8. The van der Waals surface area contributed by atoms with E-state index in [2.05, 4.69) is 70.4 Å². The second-order valence-corrected chi connectivity index (χ2v) is 13.0. The average molecular weight is 260 g/mol. The molecule has 2 aliphatic rings. The van der Waals surface area contributed by atoms with E-state index in [1.54, 1.807) is 5.57 Å². The number of rotatable bonds is 3. The molecule has 1 heteroatoms. The van der Waals surface area contributed by atoms with E-state index >= 15 is 0 Å². The van der Waals surface area contributed by atoms with Crippen LogP contribution in [0.1, 0.15) is 33.6 Å². The summed E-state index contributed by atoms with van der Waals surface area (Å²) in [4.78, 5) is 0. The van der Waals surface area contributed by atoms with Crippen LogP contribution in [0.5, 0.6) is 0 Å². The standard InChI is InChI=1S/C17H28Si/c1-16(2)14-10-11-17(16,3)15(13-14)9-7-8-12-18(4,5)6/h7-9,12-14H,10-11H2,1-6H3/b9-7-,12-8+. The molecular formula is C17H28Si. The van der Waals surface area contributed by atoms with Crippen LogP contribution in [-0.4, -0.2) is 8.07 Å². The lowest BCUT2D eigenvalue weighted by Crippen LogP contribution is -2.29. The van der Waals surface area contributed by atoms with Gasteiger partial charge in [0.05, 0.1) is 8.07 Å². The molecule has 100 valence electrons. The molecule has 0 radical (unpaired) electrons. The monoisotopic (exact) mass is 260 g/mol. The summed E-state index contributed by atoms with van der Waals surface area (Å²) in [6.07, 6.45) is 12.1. The van der Waals surface area contributed by atoms with Gasteiger partial charge in [-0.15, -0.1) is 0 Å². The summed E-state index contributed by atoms with van der Waals surface area (Å²) in [7, 11) is -1.05. The van der Waals surface area contributed by atoms with Crippen molar-refractivity contribution in [2.45, 2.75) is 53.3 Å². The first-order valence-electron chi connectivity index (χ1n) is 7.25. The third kappa shape index (κ3) is 2.18. The zero-order valence-electron chi connectivity index (χ0n) is 12.9. The van der Waals surface area contributed by atoms with E-state index in [0.717, 1.165) is 5.92 Å². The summed E-state index contributed by atoms with van der Waals surface area (Å²) in [5.41, 5.74) is 4.84. The summed E-state index contributed by atoms with van der Waals surface area (Å²) in [5.74, 6) is 0.795. The largest absolute Gasteiger partial charge is 0.0950 e. The molecular weight excluding hydrogens is 232 g/mol. The van der Waals surface area contributed by atoms with Crippen molar-refractivity contribution in [2.24, 2.45) is 16.7 Å². The van der Waals surface area contributed by atoms with Gasteiger partial charge in [-0.1, -0.05) is 70.4 Å². The van der Waals surface area contributed by atoms with Crippen LogP contribution in [0.15, 0.2) is 35.6 Å². The van der Waals surface area contributed by atoms with Gasteiger partial charge in [-0.25, -0.2) is 0 Å². The Labute approximate surface area is 114 Å². The van der Waals surface area contributed by atoms with E-state index in [-0.39, 0.29) is 0 Å². The fourth-order valence-corrected chi connectivity index (χ4v) is 4.18.